The summed E-state index contributed by atoms with van der Waals surface area (Å²) in [6.07, 6.45) is -4.36. The Morgan fingerprint density at radius 3 is 2.21 bits per heavy atom. The zero-order valence-electron chi connectivity index (χ0n) is 15.0. The van der Waals surface area contributed by atoms with Crippen molar-refractivity contribution in [1.82, 2.24) is 4.90 Å². The van der Waals surface area contributed by atoms with Gasteiger partial charge in [-0.2, -0.15) is 13.2 Å². The fourth-order valence-corrected chi connectivity index (χ4v) is 4.67. The number of hydrogen-bond acceptors (Lipinski definition) is 4. The second-order valence-electron chi connectivity index (χ2n) is 6.65. The van der Waals surface area contributed by atoms with Crippen molar-refractivity contribution >= 4 is 31.5 Å². The van der Waals surface area contributed by atoms with E-state index in [1.54, 1.807) is 30.3 Å². The first-order valence-electron chi connectivity index (χ1n) is 8.78. The van der Waals surface area contributed by atoms with Gasteiger partial charge in [0.05, 0.1) is 16.2 Å². The third-order valence-electron chi connectivity index (χ3n) is 4.76. The number of nitrogens with zero attached hydrogens (tertiary/aromatic N) is 2. The molecule has 1 heterocycles. The Labute approximate surface area is 171 Å². The fourth-order valence-electron chi connectivity index (χ4n) is 3.12. The molecule has 9 heteroatoms. The lowest BCUT2D eigenvalue weighted by atomic mass is 10.1. The highest BCUT2D eigenvalue weighted by Crippen LogP contribution is 2.31. The first-order valence-corrected chi connectivity index (χ1v) is 11.2. The lowest BCUT2D eigenvalue weighted by Crippen LogP contribution is -2.47. The van der Waals surface area contributed by atoms with Gasteiger partial charge in [-0.25, -0.2) is 8.42 Å². The van der Waals surface area contributed by atoms with Crippen molar-refractivity contribution in [2.24, 2.45) is 0 Å². The van der Waals surface area contributed by atoms with E-state index in [1.165, 1.54) is 6.07 Å². The summed E-state index contributed by atoms with van der Waals surface area (Å²) < 4.78 is 64.4. The predicted octanol–water partition coefficient (Wildman–Crippen LogP) is 4.06. The van der Waals surface area contributed by atoms with Gasteiger partial charge in [0.1, 0.15) is 0 Å². The summed E-state index contributed by atoms with van der Waals surface area (Å²) in [5, 5.41) is 0. The zero-order valence-corrected chi connectivity index (χ0v) is 17.4. The number of sulfone groups is 1. The molecule has 1 aliphatic rings. The van der Waals surface area contributed by atoms with Gasteiger partial charge in [-0.1, -0.05) is 22.0 Å². The number of rotatable bonds is 5. The number of halogens is 4. The molecule has 152 valence electrons. The maximum absolute atomic E-state index is 12.9. The van der Waals surface area contributed by atoms with Gasteiger partial charge in [-0.3, -0.25) is 4.90 Å². The Hall–Kier alpha value is -1.58. The lowest BCUT2D eigenvalue weighted by Gasteiger charge is -2.36. The summed E-state index contributed by atoms with van der Waals surface area (Å²) >= 11 is 3.28. The van der Waals surface area contributed by atoms with Gasteiger partial charge in [-0.05, 0) is 42.5 Å². The fraction of sp³-hybridized carbons (Fsp3) is 0.368. The van der Waals surface area contributed by atoms with Crippen LogP contribution < -0.4 is 4.90 Å². The van der Waals surface area contributed by atoms with Crippen LogP contribution in [0.5, 0.6) is 0 Å². The minimum absolute atomic E-state index is 0.0121. The number of piperazine rings is 1. The third kappa shape index (κ3) is 5.27. The summed E-state index contributed by atoms with van der Waals surface area (Å²) in [7, 11) is -3.37. The first kappa shape index (κ1) is 21.1. The van der Waals surface area contributed by atoms with E-state index >= 15 is 0 Å². The van der Waals surface area contributed by atoms with Crippen LogP contribution in [0.15, 0.2) is 57.9 Å². The summed E-state index contributed by atoms with van der Waals surface area (Å²) in [5.74, 6) is 0.0121. The SMILES string of the molecule is O=S(=O)(CCN1CCN(c2cccc(C(F)(F)F)c2)CC1)c1ccc(Br)cc1. The smallest absolute Gasteiger partial charge is 0.369 e. The standard InChI is InChI=1S/C19H20BrF3N2O2S/c20-16-4-6-18(7-5-16)28(26,27)13-12-24-8-10-25(11-9-24)17-3-1-2-15(14-17)19(21,22)23/h1-7,14H,8-13H2. The van der Waals surface area contributed by atoms with Crippen molar-refractivity contribution in [3.8, 4) is 0 Å². The Morgan fingerprint density at radius 1 is 0.964 bits per heavy atom. The average Bonchev–Trinajstić information content (AvgIpc) is 2.67. The van der Waals surface area contributed by atoms with Crippen LogP contribution in [0.2, 0.25) is 0 Å². The highest BCUT2D eigenvalue weighted by atomic mass is 79.9. The molecule has 1 aliphatic heterocycles. The molecule has 0 unspecified atom stereocenters. The topological polar surface area (TPSA) is 40.6 Å². The van der Waals surface area contributed by atoms with Crippen molar-refractivity contribution < 1.29 is 21.6 Å². The van der Waals surface area contributed by atoms with Crippen LogP contribution in [0.25, 0.3) is 0 Å². The molecular formula is C19H20BrF3N2O2S. The van der Waals surface area contributed by atoms with Gasteiger partial charge in [0.2, 0.25) is 0 Å². The van der Waals surface area contributed by atoms with Crippen LogP contribution in [-0.2, 0) is 16.0 Å². The van der Waals surface area contributed by atoms with Crippen molar-refractivity contribution in [2.75, 3.05) is 43.4 Å². The second kappa shape index (κ2) is 8.42. The maximum atomic E-state index is 12.9. The Bertz CT molecular complexity index is 910. The average molecular weight is 477 g/mol. The molecule has 0 aromatic heterocycles. The molecule has 2 aromatic carbocycles. The molecule has 0 aliphatic carbocycles. The van der Waals surface area contributed by atoms with E-state index in [-0.39, 0.29) is 5.75 Å². The zero-order chi connectivity index (χ0) is 20.4. The van der Waals surface area contributed by atoms with Crippen LogP contribution in [0.4, 0.5) is 18.9 Å². The van der Waals surface area contributed by atoms with Gasteiger partial charge in [0, 0.05) is 42.9 Å². The van der Waals surface area contributed by atoms with E-state index in [9.17, 15) is 21.6 Å². The Kier molecular flexibility index (Phi) is 6.36. The minimum atomic E-state index is -4.36. The molecule has 0 bridgehead atoms. The lowest BCUT2D eigenvalue weighted by molar-refractivity contribution is -0.137. The Balaban J connectivity index is 1.55. The van der Waals surface area contributed by atoms with Gasteiger partial charge >= 0.3 is 6.18 Å². The molecule has 4 nitrogen and oxygen atoms in total. The molecule has 0 spiro atoms. The van der Waals surface area contributed by atoms with E-state index in [0.29, 0.717) is 43.3 Å². The molecular weight excluding hydrogens is 457 g/mol. The van der Waals surface area contributed by atoms with E-state index in [0.717, 1.165) is 16.6 Å². The number of benzene rings is 2. The molecule has 0 atom stereocenters. The Morgan fingerprint density at radius 2 is 1.61 bits per heavy atom. The number of alkyl halides is 3. The third-order valence-corrected chi connectivity index (χ3v) is 7.00. The summed E-state index contributed by atoms with van der Waals surface area (Å²) in [4.78, 5) is 4.22. The highest BCUT2D eigenvalue weighted by Gasteiger charge is 2.31. The normalized spacial score (nSPS) is 16.4. The molecule has 3 rings (SSSR count). The molecule has 0 N–H and O–H groups in total. The van der Waals surface area contributed by atoms with Crippen molar-refractivity contribution in [1.29, 1.82) is 0 Å². The predicted molar refractivity (Wildman–Crippen MR) is 106 cm³/mol. The van der Waals surface area contributed by atoms with Crippen LogP contribution in [0.3, 0.4) is 0 Å². The summed E-state index contributed by atoms with van der Waals surface area (Å²) in [6.45, 7) is 2.71. The number of hydrogen-bond donors (Lipinski definition) is 0. The van der Waals surface area contributed by atoms with E-state index < -0.39 is 21.6 Å². The van der Waals surface area contributed by atoms with E-state index in [4.69, 9.17) is 0 Å². The van der Waals surface area contributed by atoms with Gasteiger partial charge in [0.15, 0.2) is 9.84 Å². The first-order chi connectivity index (χ1) is 13.1. The maximum Gasteiger partial charge on any atom is 0.416 e. The molecule has 1 fully saturated rings. The van der Waals surface area contributed by atoms with Gasteiger partial charge in [0.25, 0.3) is 0 Å². The minimum Gasteiger partial charge on any atom is -0.369 e. The molecule has 28 heavy (non-hydrogen) atoms. The summed E-state index contributed by atoms with van der Waals surface area (Å²) in [5.41, 5.74) is -0.120. The second-order valence-corrected chi connectivity index (χ2v) is 9.67. The highest BCUT2D eigenvalue weighted by molar-refractivity contribution is 9.10. The quantitative estimate of drug-likeness (QED) is 0.652. The molecule has 0 radical (unpaired) electrons. The van der Waals surface area contributed by atoms with Crippen LogP contribution in [0, 0.1) is 0 Å². The van der Waals surface area contributed by atoms with Crippen LogP contribution >= 0.6 is 15.9 Å². The molecule has 2 aromatic rings. The monoisotopic (exact) mass is 476 g/mol. The van der Waals surface area contributed by atoms with Crippen molar-refractivity contribution in [3.63, 3.8) is 0 Å². The van der Waals surface area contributed by atoms with E-state index in [2.05, 4.69) is 15.9 Å². The van der Waals surface area contributed by atoms with Crippen LogP contribution in [0.1, 0.15) is 5.56 Å². The largest absolute Gasteiger partial charge is 0.416 e. The van der Waals surface area contributed by atoms with Gasteiger partial charge < -0.3 is 4.90 Å². The molecule has 0 amide bonds. The van der Waals surface area contributed by atoms with Gasteiger partial charge in [-0.15, -0.1) is 0 Å². The number of anilines is 1. The summed E-state index contributed by atoms with van der Waals surface area (Å²) in [6, 6.07) is 11.8. The van der Waals surface area contributed by atoms with E-state index in [1.807, 2.05) is 9.80 Å². The molecule has 0 saturated carbocycles. The van der Waals surface area contributed by atoms with Crippen molar-refractivity contribution in [3.05, 3.63) is 58.6 Å². The van der Waals surface area contributed by atoms with Crippen molar-refractivity contribution in [2.45, 2.75) is 11.1 Å². The van der Waals surface area contributed by atoms with Crippen LogP contribution in [-0.4, -0.2) is 51.8 Å². The molecule has 1 saturated heterocycles.